The molecule has 7 heteroatoms. The summed E-state index contributed by atoms with van der Waals surface area (Å²) in [5, 5.41) is 1.45. The number of hydrogen-bond acceptors (Lipinski definition) is 6. The Morgan fingerprint density at radius 2 is 1.85 bits per heavy atom. The van der Waals surface area contributed by atoms with E-state index in [1.165, 1.54) is 17.5 Å². The molecule has 1 aliphatic carbocycles. The van der Waals surface area contributed by atoms with Crippen LogP contribution in [0.4, 0.5) is 0 Å². The van der Waals surface area contributed by atoms with Crippen LogP contribution in [-0.2, 0) is 9.63 Å². The molecule has 2 aromatic rings. The van der Waals surface area contributed by atoms with Crippen molar-refractivity contribution < 1.29 is 14.4 Å². The van der Waals surface area contributed by atoms with E-state index in [0.29, 0.717) is 18.3 Å². The standard InChI is InChI=1S/C19H20N4O3/c20-17(24)16-15-8-4-7-13(15)11-23(16)26-19(25)14-9-21-18(22-10-14)12-5-2-1-3-6-12/h1-3,5-6,9-10,13,15-16H,4,7-8,11H2,(H2,20,24). The van der Waals surface area contributed by atoms with Gasteiger partial charge in [-0.1, -0.05) is 36.8 Å². The molecule has 2 aliphatic rings. The second-order valence-corrected chi connectivity index (χ2v) is 6.84. The van der Waals surface area contributed by atoms with Gasteiger partial charge in [-0.25, -0.2) is 14.8 Å². The average Bonchev–Trinajstić information content (AvgIpc) is 3.23. The Morgan fingerprint density at radius 3 is 2.54 bits per heavy atom. The molecular weight excluding hydrogens is 332 g/mol. The van der Waals surface area contributed by atoms with Crippen LogP contribution < -0.4 is 5.73 Å². The topological polar surface area (TPSA) is 98.4 Å². The second kappa shape index (κ2) is 6.84. The summed E-state index contributed by atoms with van der Waals surface area (Å²) in [7, 11) is 0. The monoisotopic (exact) mass is 352 g/mol. The van der Waals surface area contributed by atoms with E-state index in [1.807, 2.05) is 30.3 Å². The summed E-state index contributed by atoms with van der Waals surface area (Å²) in [6.45, 7) is 0.549. The van der Waals surface area contributed by atoms with Crippen LogP contribution in [0, 0.1) is 11.8 Å². The zero-order valence-electron chi connectivity index (χ0n) is 14.2. The fourth-order valence-electron chi connectivity index (χ4n) is 4.04. The van der Waals surface area contributed by atoms with E-state index in [0.717, 1.165) is 24.8 Å². The van der Waals surface area contributed by atoms with E-state index >= 15 is 0 Å². The Morgan fingerprint density at radius 1 is 1.12 bits per heavy atom. The first kappa shape index (κ1) is 16.7. The lowest BCUT2D eigenvalue weighted by Crippen LogP contribution is -2.44. The summed E-state index contributed by atoms with van der Waals surface area (Å²) in [6.07, 6.45) is 5.95. The molecule has 1 aliphatic heterocycles. The van der Waals surface area contributed by atoms with Gasteiger partial charge in [0.1, 0.15) is 6.04 Å². The van der Waals surface area contributed by atoms with Crippen molar-refractivity contribution in [1.82, 2.24) is 15.0 Å². The summed E-state index contributed by atoms with van der Waals surface area (Å²) in [6, 6.07) is 8.96. The van der Waals surface area contributed by atoms with E-state index in [1.54, 1.807) is 0 Å². The van der Waals surface area contributed by atoms with Crippen LogP contribution >= 0.6 is 0 Å². The third-order valence-electron chi connectivity index (χ3n) is 5.26. The molecule has 26 heavy (non-hydrogen) atoms. The van der Waals surface area contributed by atoms with E-state index in [9.17, 15) is 9.59 Å². The van der Waals surface area contributed by atoms with Crippen molar-refractivity contribution in [2.45, 2.75) is 25.3 Å². The van der Waals surface area contributed by atoms with Gasteiger partial charge in [-0.05, 0) is 24.7 Å². The number of rotatable bonds is 4. The number of fused-ring (bicyclic) bond motifs is 1. The molecule has 1 amide bonds. The first-order valence-electron chi connectivity index (χ1n) is 8.79. The van der Waals surface area contributed by atoms with Gasteiger partial charge < -0.3 is 10.6 Å². The van der Waals surface area contributed by atoms with Crippen molar-refractivity contribution >= 4 is 11.9 Å². The smallest absolute Gasteiger partial charge is 0.360 e. The molecule has 3 unspecified atom stereocenters. The van der Waals surface area contributed by atoms with Crippen molar-refractivity contribution in [2.24, 2.45) is 17.6 Å². The molecule has 1 aromatic carbocycles. The molecule has 2 N–H and O–H groups in total. The number of hydrogen-bond donors (Lipinski definition) is 1. The number of nitrogens with zero attached hydrogens (tertiary/aromatic N) is 3. The summed E-state index contributed by atoms with van der Waals surface area (Å²) >= 11 is 0. The summed E-state index contributed by atoms with van der Waals surface area (Å²) in [5.74, 6) is 0.0561. The second-order valence-electron chi connectivity index (χ2n) is 6.84. The van der Waals surface area contributed by atoms with Gasteiger partial charge in [0.2, 0.25) is 5.91 Å². The number of amides is 1. The minimum absolute atomic E-state index is 0.178. The molecular formula is C19H20N4O3. The van der Waals surface area contributed by atoms with Crippen LogP contribution in [0.3, 0.4) is 0 Å². The van der Waals surface area contributed by atoms with Gasteiger partial charge >= 0.3 is 5.97 Å². The molecule has 134 valence electrons. The number of nitrogens with two attached hydrogens (primary N) is 1. The highest BCUT2D eigenvalue weighted by Gasteiger charge is 2.48. The number of aromatic nitrogens is 2. The fourth-order valence-corrected chi connectivity index (χ4v) is 4.04. The average molecular weight is 352 g/mol. The van der Waals surface area contributed by atoms with Crippen LogP contribution in [0.25, 0.3) is 11.4 Å². The molecule has 0 spiro atoms. The molecule has 1 saturated heterocycles. The van der Waals surface area contributed by atoms with Crippen molar-refractivity contribution in [1.29, 1.82) is 0 Å². The van der Waals surface area contributed by atoms with E-state index in [2.05, 4.69) is 9.97 Å². The summed E-state index contributed by atoms with van der Waals surface area (Å²) in [5.41, 5.74) is 6.66. The quantitative estimate of drug-likeness (QED) is 0.901. The zero-order chi connectivity index (χ0) is 18.1. The highest BCUT2D eigenvalue weighted by Crippen LogP contribution is 2.42. The Hall–Kier alpha value is -2.80. The molecule has 2 heterocycles. The lowest BCUT2D eigenvalue weighted by Gasteiger charge is -2.23. The molecule has 0 bridgehead atoms. The van der Waals surface area contributed by atoms with Crippen molar-refractivity contribution in [3.8, 4) is 11.4 Å². The number of carbonyl (C=O) groups excluding carboxylic acids is 2. The number of carbonyl (C=O) groups is 2. The van der Waals surface area contributed by atoms with Gasteiger partial charge in [0.15, 0.2) is 5.82 Å². The Kier molecular flexibility index (Phi) is 4.38. The maximum atomic E-state index is 12.4. The van der Waals surface area contributed by atoms with Crippen LogP contribution in [0.1, 0.15) is 29.6 Å². The minimum Gasteiger partial charge on any atom is -0.368 e. The number of hydroxylamine groups is 2. The zero-order valence-corrected chi connectivity index (χ0v) is 14.2. The highest BCUT2D eigenvalue weighted by atomic mass is 16.7. The Balaban J connectivity index is 1.47. The van der Waals surface area contributed by atoms with E-state index in [-0.39, 0.29) is 11.5 Å². The molecule has 2 fully saturated rings. The molecule has 1 aromatic heterocycles. The van der Waals surface area contributed by atoms with E-state index in [4.69, 9.17) is 10.6 Å². The maximum absolute atomic E-state index is 12.4. The van der Waals surface area contributed by atoms with Crippen LogP contribution in [0.2, 0.25) is 0 Å². The van der Waals surface area contributed by atoms with Gasteiger partial charge in [0.25, 0.3) is 0 Å². The summed E-state index contributed by atoms with van der Waals surface area (Å²) in [4.78, 5) is 38.2. The molecule has 3 atom stereocenters. The molecule has 4 rings (SSSR count). The van der Waals surface area contributed by atoms with Crippen molar-refractivity contribution in [3.05, 3.63) is 48.3 Å². The van der Waals surface area contributed by atoms with Crippen molar-refractivity contribution in [2.75, 3.05) is 6.54 Å². The van der Waals surface area contributed by atoms with Crippen molar-refractivity contribution in [3.63, 3.8) is 0 Å². The third-order valence-corrected chi connectivity index (χ3v) is 5.26. The first-order chi connectivity index (χ1) is 12.6. The lowest BCUT2D eigenvalue weighted by atomic mass is 9.94. The minimum atomic E-state index is -0.573. The van der Waals surface area contributed by atoms with Gasteiger partial charge in [0.05, 0.1) is 5.56 Å². The van der Waals surface area contributed by atoms with Gasteiger partial charge in [0, 0.05) is 24.5 Å². The maximum Gasteiger partial charge on any atom is 0.360 e. The SMILES string of the molecule is NC(=O)C1C2CCCC2CN1OC(=O)c1cnc(-c2ccccc2)nc1. The van der Waals surface area contributed by atoms with Crippen LogP contribution in [-0.4, -0.2) is 39.5 Å². The third kappa shape index (κ3) is 3.06. The lowest BCUT2D eigenvalue weighted by molar-refractivity contribution is -0.149. The summed E-state index contributed by atoms with van der Waals surface area (Å²) < 4.78 is 0. The van der Waals surface area contributed by atoms with Crippen LogP contribution in [0.15, 0.2) is 42.7 Å². The predicted molar refractivity (Wildman–Crippen MR) is 93.4 cm³/mol. The Labute approximate surface area is 151 Å². The number of primary amides is 1. The predicted octanol–water partition coefficient (Wildman–Crippen LogP) is 1.80. The van der Waals surface area contributed by atoms with Gasteiger partial charge in [-0.2, -0.15) is 0 Å². The molecule has 1 saturated carbocycles. The normalized spacial score (nSPS) is 25.0. The fraction of sp³-hybridized carbons (Fsp3) is 0.368. The first-order valence-corrected chi connectivity index (χ1v) is 8.79. The molecule has 0 radical (unpaired) electrons. The van der Waals surface area contributed by atoms with Gasteiger partial charge in [-0.15, -0.1) is 5.06 Å². The largest absolute Gasteiger partial charge is 0.368 e. The van der Waals surface area contributed by atoms with Crippen LogP contribution in [0.5, 0.6) is 0 Å². The Bertz CT molecular complexity index is 809. The molecule has 7 nitrogen and oxygen atoms in total. The highest BCUT2D eigenvalue weighted by molar-refractivity contribution is 5.89. The number of benzene rings is 1. The van der Waals surface area contributed by atoms with E-state index < -0.39 is 17.9 Å². The van der Waals surface area contributed by atoms with Gasteiger partial charge in [-0.3, -0.25) is 4.79 Å².